The van der Waals surface area contributed by atoms with Gasteiger partial charge in [-0.15, -0.1) is 0 Å². The maximum atomic E-state index is 13.4. The molecule has 3 unspecified atom stereocenters. The van der Waals surface area contributed by atoms with Crippen LogP contribution in [0.1, 0.15) is 45.2 Å². The summed E-state index contributed by atoms with van der Waals surface area (Å²) < 4.78 is 6.56. The van der Waals surface area contributed by atoms with Crippen molar-refractivity contribution in [2.75, 3.05) is 33.2 Å². The summed E-state index contributed by atoms with van der Waals surface area (Å²) in [6, 6.07) is 20.6. The largest absolute Gasteiger partial charge is 0.450 e. The SMILES string of the molecule is CCN(CC)CC1CN(C)C(C)CC1(OC(=O)/C(C)=C/c1ccccc1)c1ccccc1. The minimum Gasteiger partial charge on any atom is -0.450 e. The molecule has 1 fully saturated rings. The highest BCUT2D eigenvalue weighted by atomic mass is 16.6. The second kappa shape index (κ2) is 10.9. The first-order valence-corrected chi connectivity index (χ1v) is 11.8. The van der Waals surface area contributed by atoms with E-state index in [2.05, 4.69) is 61.9 Å². The number of rotatable bonds is 8. The van der Waals surface area contributed by atoms with E-state index >= 15 is 0 Å². The Bertz CT molecular complexity index is 892. The maximum Gasteiger partial charge on any atom is 0.334 e. The molecule has 0 saturated carbocycles. The van der Waals surface area contributed by atoms with Crippen molar-refractivity contribution in [2.24, 2.45) is 5.92 Å². The summed E-state index contributed by atoms with van der Waals surface area (Å²) in [6.45, 7) is 12.2. The quantitative estimate of drug-likeness (QED) is 0.422. The second-order valence-corrected chi connectivity index (χ2v) is 9.06. The molecule has 1 aliphatic heterocycles. The average molecular weight is 435 g/mol. The van der Waals surface area contributed by atoms with Crippen LogP contribution in [0.3, 0.4) is 0 Å². The van der Waals surface area contributed by atoms with Crippen LogP contribution < -0.4 is 0 Å². The van der Waals surface area contributed by atoms with Crippen LogP contribution in [0.4, 0.5) is 0 Å². The number of benzene rings is 2. The summed E-state index contributed by atoms with van der Waals surface area (Å²) in [5.41, 5.74) is 2.07. The van der Waals surface area contributed by atoms with Gasteiger partial charge in [0.15, 0.2) is 0 Å². The smallest absolute Gasteiger partial charge is 0.334 e. The molecule has 4 nitrogen and oxygen atoms in total. The molecule has 2 aromatic carbocycles. The van der Waals surface area contributed by atoms with E-state index < -0.39 is 5.60 Å². The highest BCUT2D eigenvalue weighted by Crippen LogP contribution is 2.44. The van der Waals surface area contributed by atoms with Crippen molar-refractivity contribution in [3.05, 3.63) is 77.4 Å². The van der Waals surface area contributed by atoms with Gasteiger partial charge in [-0.05, 0) is 51.2 Å². The van der Waals surface area contributed by atoms with Gasteiger partial charge in [0.1, 0.15) is 5.60 Å². The van der Waals surface area contributed by atoms with E-state index in [-0.39, 0.29) is 11.9 Å². The van der Waals surface area contributed by atoms with Crippen LogP contribution in [0.2, 0.25) is 0 Å². The molecule has 0 amide bonds. The Morgan fingerprint density at radius 1 is 1.09 bits per heavy atom. The predicted molar refractivity (Wildman–Crippen MR) is 132 cm³/mol. The Hall–Kier alpha value is -2.43. The molecule has 172 valence electrons. The molecule has 2 aromatic rings. The lowest BCUT2D eigenvalue weighted by Gasteiger charge is -2.50. The molecule has 0 aromatic heterocycles. The zero-order valence-electron chi connectivity index (χ0n) is 20.3. The molecular formula is C28H38N2O2. The monoisotopic (exact) mass is 434 g/mol. The number of ether oxygens (including phenoxy) is 1. The lowest BCUT2D eigenvalue weighted by Crippen LogP contribution is -2.57. The van der Waals surface area contributed by atoms with Crippen molar-refractivity contribution in [3.63, 3.8) is 0 Å². The molecule has 1 heterocycles. The van der Waals surface area contributed by atoms with E-state index in [4.69, 9.17) is 4.74 Å². The fraction of sp³-hybridized carbons (Fsp3) is 0.464. The third kappa shape index (κ3) is 5.48. The number of likely N-dealkylation sites (tertiary alicyclic amines) is 1. The summed E-state index contributed by atoms with van der Waals surface area (Å²) in [6.07, 6.45) is 2.70. The van der Waals surface area contributed by atoms with E-state index in [1.807, 2.05) is 49.4 Å². The van der Waals surface area contributed by atoms with E-state index in [1.54, 1.807) is 0 Å². The third-order valence-electron chi connectivity index (χ3n) is 6.93. The van der Waals surface area contributed by atoms with Crippen LogP contribution in [0.5, 0.6) is 0 Å². The van der Waals surface area contributed by atoms with Crippen molar-refractivity contribution >= 4 is 12.0 Å². The second-order valence-electron chi connectivity index (χ2n) is 9.06. The summed E-state index contributed by atoms with van der Waals surface area (Å²) in [5, 5.41) is 0. The summed E-state index contributed by atoms with van der Waals surface area (Å²) >= 11 is 0. The Kier molecular flexibility index (Phi) is 8.27. The Labute approximate surface area is 193 Å². The van der Waals surface area contributed by atoms with Crippen molar-refractivity contribution in [3.8, 4) is 0 Å². The molecule has 0 bridgehead atoms. The molecule has 1 aliphatic rings. The number of hydrogen-bond acceptors (Lipinski definition) is 4. The van der Waals surface area contributed by atoms with E-state index in [9.17, 15) is 4.79 Å². The zero-order chi connectivity index (χ0) is 23.1. The number of carbonyl (C=O) groups is 1. The molecule has 0 radical (unpaired) electrons. The number of nitrogens with zero attached hydrogens (tertiary/aromatic N) is 2. The lowest BCUT2D eigenvalue weighted by molar-refractivity contribution is -0.176. The van der Waals surface area contributed by atoms with Crippen molar-refractivity contribution < 1.29 is 9.53 Å². The van der Waals surface area contributed by atoms with Crippen molar-refractivity contribution in [1.82, 2.24) is 9.80 Å². The molecular weight excluding hydrogens is 396 g/mol. The van der Waals surface area contributed by atoms with Crippen LogP contribution in [-0.4, -0.2) is 55.0 Å². The van der Waals surface area contributed by atoms with E-state index in [0.29, 0.717) is 11.6 Å². The van der Waals surface area contributed by atoms with Gasteiger partial charge in [-0.2, -0.15) is 0 Å². The molecule has 0 spiro atoms. The maximum absolute atomic E-state index is 13.4. The van der Waals surface area contributed by atoms with Crippen molar-refractivity contribution in [2.45, 2.75) is 45.8 Å². The molecule has 3 atom stereocenters. The lowest BCUT2D eigenvalue weighted by atomic mass is 9.73. The minimum atomic E-state index is -0.654. The van der Waals surface area contributed by atoms with Gasteiger partial charge in [0.05, 0.1) is 0 Å². The first-order chi connectivity index (χ1) is 15.4. The summed E-state index contributed by atoms with van der Waals surface area (Å²) in [4.78, 5) is 18.3. The van der Waals surface area contributed by atoms with E-state index in [1.165, 1.54) is 0 Å². The number of hydrogen-bond donors (Lipinski definition) is 0. The van der Waals surface area contributed by atoms with Crippen LogP contribution in [-0.2, 0) is 15.1 Å². The fourth-order valence-electron chi connectivity index (χ4n) is 4.80. The molecule has 0 N–H and O–H groups in total. The van der Waals surface area contributed by atoms with Crippen LogP contribution >= 0.6 is 0 Å². The van der Waals surface area contributed by atoms with Gasteiger partial charge in [-0.3, -0.25) is 0 Å². The van der Waals surface area contributed by atoms with Gasteiger partial charge in [-0.1, -0.05) is 74.5 Å². The normalized spacial score (nSPS) is 24.5. The highest BCUT2D eigenvalue weighted by Gasteiger charge is 2.49. The zero-order valence-corrected chi connectivity index (χ0v) is 20.3. The van der Waals surface area contributed by atoms with Gasteiger partial charge < -0.3 is 14.5 Å². The first kappa shape index (κ1) is 24.2. The number of piperidine rings is 1. The van der Waals surface area contributed by atoms with Crippen molar-refractivity contribution in [1.29, 1.82) is 0 Å². The van der Waals surface area contributed by atoms with Crippen LogP contribution in [0, 0.1) is 5.92 Å². The highest BCUT2D eigenvalue weighted by molar-refractivity contribution is 5.93. The molecule has 3 rings (SSSR count). The Balaban J connectivity index is 2.00. The molecule has 32 heavy (non-hydrogen) atoms. The molecule has 0 aliphatic carbocycles. The molecule has 4 heteroatoms. The summed E-state index contributed by atoms with van der Waals surface area (Å²) in [7, 11) is 2.18. The Morgan fingerprint density at radius 3 is 2.28 bits per heavy atom. The van der Waals surface area contributed by atoms with Gasteiger partial charge in [-0.25, -0.2) is 4.79 Å². The van der Waals surface area contributed by atoms with E-state index in [0.717, 1.165) is 43.7 Å². The van der Waals surface area contributed by atoms with Crippen LogP contribution in [0.15, 0.2) is 66.2 Å². The van der Waals surface area contributed by atoms with Gasteiger partial charge in [0, 0.05) is 37.0 Å². The average Bonchev–Trinajstić information content (AvgIpc) is 2.81. The topological polar surface area (TPSA) is 32.8 Å². The van der Waals surface area contributed by atoms with Crippen LogP contribution in [0.25, 0.3) is 6.08 Å². The predicted octanol–water partition coefficient (Wildman–Crippen LogP) is 5.21. The fourth-order valence-corrected chi connectivity index (χ4v) is 4.80. The summed E-state index contributed by atoms with van der Waals surface area (Å²) in [5.74, 6) is -0.0570. The standard InChI is InChI=1S/C28H38N2O2/c1-6-30(7-2)21-26-20-29(5)23(4)19-28(26,25-16-12-9-13-17-25)32-27(31)22(3)18-24-14-10-8-11-15-24/h8-18,23,26H,6-7,19-21H2,1-5H3/b22-18+. The number of esters is 1. The Morgan fingerprint density at radius 2 is 1.69 bits per heavy atom. The molecule has 1 saturated heterocycles. The first-order valence-electron chi connectivity index (χ1n) is 11.8. The van der Waals surface area contributed by atoms with Gasteiger partial charge in [0.25, 0.3) is 0 Å². The minimum absolute atomic E-state index is 0.180. The number of carbonyl (C=O) groups excluding carboxylic acids is 1. The third-order valence-corrected chi connectivity index (χ3v) is 6.93. The van der Waals surface area contributed by atoms with Gasteiger partial charge in [0.2, 0.25) is 0 Å². The van der Waals surface area contributed by atoms with Gasteiger partial charge >= 0.3 is 5.97 Å².